The molecule has 4 nitrogen and oxygen atoms in total. The Morgan fingerprint density at radius 2 is 1.75 bits per heavy atom. The lowest BCUT2D eigenvalue weighted by atomic mass is 9.55. The lowest BCUT2D eigenvalue weighted by Crippen LogP contribution is -2.65. The van der Waals surface area contributed by atoms with E-state index in [9.17, 15) is 9.59 Å². The van der Waals surface area contributed by atoms with Gasteiger partial charge < -0.3 is 10.6 Å². The molecule has 4 aliphatic rings. The number of rotatable bonds is 1. The Hall–Kier alpha value is -1.06. The van der Waals surface area contributed by atoms with Crippen LogP contribution in [0.3, 0.4) is 0 Å². The first-order valence-corrected chi connectivity index (χ1v) is 6.11. The third-order valence-corrected chi connectivity index (χ3v) is 4.82. The second-order valence-electron chi connectivity index (χ2n) is 5.83. The van der Waals surface area contributed by atoms with Crippen LogP contribution in [0.2, 0.25) is 0 Å². The Kier molecular flexibility index (Phi) is 1.89. The number of carbonyl (C=O) groups excluding carboxylic acids is 2. The van der Waals surface area contributed by atoms with E-state index in [1.54, 1.807) is 6.92 Å². The molecule has 0 aromatic heterocycles. The van der Waals surface area contributed by atoms with Gasteiger partial charge in [-0.25, -0.2) is 0 Å². The fourth-order valence-corrected chi connectivity index (χ4v) is 4.44. The normalized spacial score (nSPS) is 44.8. The van der Waals surface area contributed by atoms with Gasteiger partial charge in [-0.3, -0.25) is 9.59 Å². The van der Waals surface area contributed by atoms with E-state index in [-0.39, 0.29) is 29.3 Å². The smallest absolute Gasteiger partial charge is 0.223 e. The van der Waals surface area contributed by atoms with Crippen molar-refractivity contribution in [2.24, 2.45) is 17.1 Å². The van der Waals surface area contributed by atoms with Gasteiger partial charge >= 0.3 is 0 Å². The summed E-state index contributed by atoms with van der Waals surface area (Å²) in [6.07, 6.45) is 4.71. The van der Waals surface area contributed by atoms with Gasteiger partial charge in [0.1, 0.15) is 0 Å². The maximum Gasteiger partial charge on any atom is 0.223 e. The van der Waals surface area contributed by atoms with E-state index in [1.165, 1.54) is 0 Å². The molecule has 2 atom stereocenters. The minimum Gasteiger partial charge on any atom is -0.369 e. The van der Waals surface area contributed by atoms with E-state index in [0.29, 0.717) is 5.92 Å². The number of hydrogen-bond acceptors (Lipinski definition) is 2. The van der Waals surface area contributed by atoms with E-state index >= 15 is 0 Å². The third-order valence-electron chi connectivity index (χ3n) is 4.82. The number of nitrogens with zero attached hydrogens (tertiary/aromatic N) is 1. The molecule has 16 heavy (non-hydrogen) atoms. The van der Waals surface area contributed by atoms with Gasteiger partial charge in [-0.2, -0.15) is 0 Å². The van der Waals surface area contributed by atoms with Crippen molar-refractivity contribution in [1.82, 2.24) is 4.90 Å². The molecule has 2 heterocycles. The Bertz CT molecular complexity index is 350. The van der Waals surface area contributed by atoms with Crippen LogP contribution in [0, 0.1) is 11.3 Å². The molecule has 0 radical (unpaired) electrons. The van der Waals surface area contributed by atoms with Crippen molar-refractivity contribution in [3.63, 3.8) is 0 Å². The molecule has 2 aliphatic carbocycles. The van der Waals surface area contributed by atoms with E-state index in [2.05, 4.69) is 0 Å². The van der Waals surface area contributed by atoms with Crippen molar-refractivity contribution in [2.45, 2.75) is 51.1 Å². The van der Waals surface area contributed by atoms with Crippen LogP contribution >= 0.6 is 0 Å². The van der Waals surface area contributed by atoms with E-state index in [1.807, 2.05) is 4.90 Å². The molecule has 88 valence electrons. The van der Waals surface area contributed by atoms with Crippen LogP contribution in [-0.4, -0.2) is 28.8 Å². The summed E-state index contributed by atoms with van der Waals surface area (Å²) in [4.78, 5) is 25.3. The lowest BCUT2D eigenvalue weighted by molar-refractivity contribution is -0.164. The third kappa shape index (κ3) is 1.16. The number of nitrogens with two attached hydrogens (primary N) is 1. The van der Waals surface area contributed by atoms with Crippen molar-refractivity contribution >= 4 is 11.8 Å². The van der Waals surface area contributed by atoms with Crippen LogP contribution in [0.5, 0.6) is 0 Å². The van der Waals surface area contributed by atoms with Crippen LogP contribution in [0.1, 0.15) is 39.0 Å². The predicted molar refractivity (Wildman–Crippen MR) is 58.3 cm³/mol. The molecule has 4 bridgehead atoms. The molecule has 2 saturated carbocycles. The molecule has 2 amide bonds. The van der Waals surface area contributed by atoms with Crippen LogP contribution in [0.25, 0.3) is 0 Å². The second kappa shape index (κ2) is 2.99. The van der Waals surface area contributed by atoms with E-state index in [0.717, 1.165) is 32.1 Å². The summed E-state index contributed by atoms with van der Waals surface area (Å²) >= 11 is 0. The quantitative estimate of drug-likeness (QED) is 0.708. The molecule has 2 N–H and O–H groups in total. The van der Waals surface area contributed by atoms with Crippen molar-refractivity contribution in [1.29, 1.82) is 0 Å². The monoisotopic (exact) mass is 222 g/mol. The average molecular weight is 222 g/mol. The first-order chi connectivity index (χ1) is 7.52. The highest BCUT2D eigenvalue weighted by atomic mass is 16.2. The SMILES string of the molecule is CC(=O)N1C2CC3CC1CC(C(N)=O)(C3)C2. The minimum atomic E-state index is -0.289. The maximum absolute atomic E-state index is 11.6. The summed E-state index contributed by atoms with van der Waals surface area (Å²) in [5.74, 6) is 0.629. The molecule has 4 fully saturated rings. The van der Waals surface area contributed by atoms with Crippen molar-refractivity contribution in [3.8, 4) is 0 Å². The largest absolute Gasteiger partial charge is 0.369 e. The minimum absolute atomic E-state index is 0.143. The topological polar surface area (TPSA) is 63.4 Å². The number of piperidine rings is 2. The maximum atomic E-state index is 11.6. The zero-order valence-electron chi connectivity index (χ0n) is 9.61. The molecule has 4 heteroatoms. The average Bonchev–Trinajstić information content (AvgIpc) is 2.14. The Balaban J connectivity index is 1.95. The summed E-state index contributed by atoms with van der Waals surface area (Å²) in [7, 11) is 0. The highest BCUT2D eigenvalue weighted by Crippen LogP contribution is 2.55. The first kappa shape index (κ1) is 10.1. The van der Waals surface area contributed by atoms with Crippen molar-refractivity contribution < 1.29 is 9.59 Å². The number of amides is 2. The zero-order valence-corrected chi connectivity index (χ0v) is 9.61. The number of carbonyl (C=O) groups is 2. The van der Waals surface area contributed by atoms with E-state index < -0.39 is 0 Å². The fraction of sp³-hybridized carbons (Fsp3) is 0.833. The van der Waals surface area contributed by atoms with E-state index in [4.69, 9.17) is 5.73 Å². The molecular formula is C12H18N2O2. The summed E-state index contributed by atoms with van der Waals surface area (Å²) in [6, 6.07) is 0.549. The van der Waals surface area contributed by atoms with Gasteiger partial charge in [0.05, 0.1) is 5.41 Å². The number of hydrogen-bond donors (Lipinski definition) is 1. The van der Waals surface area contributed by atoms with Crippen molar-refractivity contribution in [2.75, 3.05) is 0 Å². The molecule has 2 unspecified atom stereocenters. The summed E-state index contributed by atoms with van der Waals surface area (Å²) < 4.78 is 0. The summed E-state index contributed by atoms with van der Waals surface area (Å²) in [6.45, 7) is 1.64. The van der Waals surface area contributed by atoms with Gasteiger partial charge in [-0.05, 0) is 38.0 Å². The summed E-state index contributed by atoms with van der Waals surface area (Å²) in [5, 5.41) is 0. The van der Waals surface area contributed by atoms with Gasteiger partial charge in [0.25, 0.3) is 0 Å². The molecule has 2 aliphatic heterocycles. The van der Waals surface area contributed by atoms with Gasteiger partial charge in [0, 0.05) is 19.0 Å². The molecule has 0 spiro atoms. The van der Waals surface area contributed by atoms with Gasteiger partial charge in [0.2, 0.25) is 11.8 Å². The second-order valence-corrected chi connectivity index (χ2v) is 5.83. The standard InChI is InChI=1S/C12H18N2O2/c1-7(15)14-9-2-8-3-10(14)6-12(4-8,5-9)11(13)16/h8-10H,2-6H2,1H3,(H2,13,16). The van der Waals surface area contributed by atoms with Crippen LogP contribution < -0.4 is 5.73 Å². The first-order valence-electron chi connectivity index (χ1n) is 6.11. The summed E-state index contributed by atoms with van der Waals surface area (Å²) in [5.41, 5.74) is 5.28. The van der Waals surface area contributed by atoms with Crippen molar-refractivity contribution in [3.05, 3.63) is 0 Å². The fourth-order valence-electron chi connectivity index (χ4n) is 4.44. The van der Waals surface area contributed by atoms with Gasteiger partial charge in [-0.15, -0.1) is 0 Å². The van der Waals surface area contributed by atoms with Crippen LogP contribution in [0.15, 0.2) is 0 Å². The Morgan fingerprint density at radius 1 is 1.19 bits per heavy atom. The highest BCUT2D eigenvalue weighted by Gasteiger charge is 2.57. The molecular weight excluding hydrogens is 204 g/mol. The van der Waals surface area contributed by atoms with Crippen LogP contribution in [-0.2, 0) is 9.59 Å². The predicted octanol–water partition coefficient (Wildman–Crippen LogP) is 0.651. The number of primary amides is 1. The Morgan fingerprint density at radius 3 is 2.19 bits per heavy atom. The van der Waals surface area contributed by atoms with Crippen LogP contribution in [0.4, 0.5) is 0 Å². The molecule has 2 saturated heterocycles. The lowest BCUT2D eigenvalue weighted by Gasteiger charge is -2.60. The Labute approximate surface area is 95.2 Å². The van der Waals surface area contributed by atoms with Gasteiger partial charge in [-0.1, -0.05) is 0 Å². The highest BCUT2D eigenvalue weighted by molar-refractivity contribution is 5.82. The van der Waals surface area contributed by atoms with Gasteiger partial charge in [0.15, 0.2) is 0 Å². The molecule has 0 aromatic carbocycles. The molecule has 4 rings (SSSR count). The molecule has 0 aromatic rings. The zero-order chi connectivity index (χ0) is 11.5.